The van der Waals surface area contributed by atoms with Crippen LogP contribution < -0.4 is 0 Å². The van der Waals surface area contributed by atoms with E-state index in [0.717, 1.165) is 43.2 Å². The average Bonchev–Trinajstić information content (AvgIpc) is 3.15. The van der Waals surface area contributed by atoms with E-state index in [-0.39, 0.29) is 23.7 Å². The summed E-state index contributed by atoms with van der Waals surface area (Å²) >= 11 is 0. The molecule has 4 atom stereocenters. The maximum atomic E-state index is 11.8. The Hall–Kier alpha value is -4.38. The summed E-state index contributed by atoms with van der Waals surface area (Å²) in [5, 5.41) is 23.7. The molecule has 0 amide bonds. The molecule has 48 heavy (non-hydrogen) atoms. The van der Waals surface area contributed by atoms with E-state index in [2.05, 4.69) is 125 Å². The number of phenolic OH excluding ortho intramolecular Hbond substituents is 2. The summed E-state index contributed by atoms with van der Waals surface area (Å²) in [6, 6.07) is 50.3. The van der Waals surface area contributed by atoms with Gasteiger partial charge in [0.25, 0.3) is 0 Å². The first kappa shape index (κ1) is 33.5. The first-order chi connectivity index (χ1) is 23.3. The van der Waals surface area contributed by atoms with Crippen molar-refractivity contribution in [3.8, 4) is 11.5 Å². The molecule has 0 bridgehead atoms. The van der Waals surface area contributed by atoms with E-state index in [1.165, 1.54) is 32.7 Å². The predicted molar refractivity (Wildman–Crippen MR) is 204 cm³/mol. The van der Waals surface area contributed by atoms with Crippen LogP contribution in [0.3, 0.4) is 0 Å². The molecule has 0 radical (unpaired) electrons. The fraction of sp³-hybridized carbons (Fsp3) is 0.182. The second kappa shape index (κ2) is 15.2. The molecule has 4 heteroatoms. The minimum absolute atomic E-state index is 0.000232. The number of benzene rings is 6. The molecule has 2 N–H and O–H groups in total. The van der Waals surface area contributed by atoms with Crippen LogP contribution in [-0.2, 0) is 0 Å². The summed E-state index contributed by atoms with van der Waals surface area (Å²) in [5.41, 5.74) is 8.86. The van der Waals surface area contributed by atoms with Crippen LogP contribution in [0.1, 0.15) is 95.9 Å². The monoisotopic (exact) mass is 666 g/mol. The van der Waals surface area contributed by atoms with E-state index in [0.29, 0.717) is 11.5 Å². The maximum Gasteiger partial charge on any atom is 0.133 e. The van der Waals surface area contributed by atoms with Gasteiger partial charge in [-0.2, -0.15) is 0 Å². The zero-order valence-corrected chi connectivity index (χ0v) is 29.5. The predicted octanol–water partition coefficient (Wildman–Crippen LogP) is 12.5. The fourth-order valence-corrected chi connectivity index (χ4v) is 8.63. The van der Waals surface area contributed by atoms with Crippen molar-refractivity contribution in [1.82, 2.24) is 0 Å². The van der Waals surface area contributed by atoms with Crippen molar-refractivity contribution in [2.24, 2.45) is 0 Å². The molecule has 0 saturated heterocycles. The van der Waals surface area contributed by atoms with Crippen LogP contribution in [-0.4, -0.2) is 10.2 Å². The van der Waals surface area contributed by atoms with Gasteiger partial charge in [-0.1, -0.05) is 161 Å². The molecule has 4 unspecified atom stereocenters. The second-order valence-electron chi connectivity index (χ2n) is 12.6. The molecule has 242 valence electrons. The normalized spacial score (nSPS) is 13.8. The molecule has 0 aliphatic rings. The van der Waals surface area contributed by atoms with Crippen molar-refractivity contribution < 1.29 is 10.2 Å². The van der Waals surface area contributed by atoms with Gasteiger partial charge in [0, 0.05) is 34.8 Å². The van der Waals surface area contributed by atoms with Crippen molar-refractivity contribution in [3.63, 3.8) is 0 Å². The summed E-state index contributed by atoms with van der Waals surface area (Å²) in [6.07, 6.45) is 0. The Bertz CT molecular complexity index is 1800. The average molecular weight is 667 g/mol. The summed E-state index contributed by atoms with van der Waals surface area (Å²) in [5.74, 6) is 0.859. The zero-order valence-electron chi connectivity index (χ0n) is 27.9. The molecule has 0 spiro atoms. The van der Waals surface area contributed by atoms with Crippen LogP contribution in [0, 0.1) is 0 Å². The van der Waals surface area contributed by atoms with Crippen molar-refractivity contribution >= 4 is 21.6 Å². The van der Waals surface area contributed by atoms with Gasteiger partial charge in [0.05, 0.1) is 9.79 Å². The third-order valence-corrected chi connectivity index (χ3v) is 12.0. The van der Waals surface area contributed by atoms with E-state index in [1.54, 1.807) is 0 Å². The number of aromatic hydroxyl groups is 2. The Morgan fingerprint density at radius 2 is 0.625 bits per heavy atom. The first-order valence-electron chi connectivity index (χ1n) is 16.6. The van der Waals surface area contributed by atoms with E-state index in [9.17, 15) is 10.2 Å². The summed E-state index contributed by atoms with van der Waals surface area (Å²) in [4.78, 5) is 1.58. The van der Waals surface area contributed by atoms with Gasteiger partial charge in [0.1, 0.15) is 11.5 Å². The van der Waals surface area contributed by atoms with Gasteiger partial charge in [-0.25, -0.2) is 0 Å². The van der Waals surface area contributed by atoms with Gasteiger partial charge in [-0.05, 0) is 67.1 Å². The number of phenols is 2. The van der Waals surface area contributed by atoms with E-state index < -0.39 is 0 Å². The molecule has 0 aromatic heterocycles. The van der Waals surface area contributed by atoms with Gasteiger partial charge in [-0.3, -0.25) is 0 Å². The Balaban J connectivity index is 1.41. The molecule has 6 aromatic rings. The van der Waals surface area contributed by atoms with Gasteiger partial charge in [0.2, 0.25) is 0 Å². The Morgan fingerprint density at radius 3 is 0.917 bits per heavy atom. The van der Waals surface area contributed by atoms with Crippen LogP contribution >= 0.6 is 21.6 Å². The minimum Gasteiger partial charge on any atom is -0.506 e. The van der Waals surface area contributed by atoms with Crippen LogP contribution in [0.4, 0.5) is 0 Å². The lowest BCUT2D eigenvalue weighted by molar-refractivity contribution is 0.451. The largest absolute Gasteiger partial charge is 0.506 e. The van der Waals surface area contributed by atoms with Crippen LogP contribution in [0.25, 0.3) is 0 Å². The highest BCUT2D eigenvalue weighted by atomic mass is 33.1. The van der Waals surface area contributed by atoms with E-state index in [1.807, 2.05) is 48.5 Å². The van der Waals surface area contributed by atoms with Gasteiger partial charge >= 0.3 is 0 Å². The molecule has 0 aliphatic heterocycles. The lowest BCUT2D eigenvalue weighted by Crippen LogP contribution is -2.03. The highest BCUT2D eigenvalue weighted by Crippen LogP contribution is 2.51. The van der Waals surface area contributed by atoms with Crippen LogP contribution in [0.15, 0.2) is 155 Å². The zero-order chi connectivity index (χ0) is 33.6. The molecule has 6 aromatic carbocycles. The molecular weight excluding hydrogens is 625 g/mol. The second-order valence-corrected chi connectivity index (χ2v) is 14.8. The molecular formula is C44H42O2S2. The molecule has 0 aliphatic carbocycles. The number of hydrogen-bond donors (Lipinski definition) is 2. The van der Waals surface area contributed by atoms with Crippen molar-refractivity contribution in [2.45, 2.75) is 61.2 Å². The Kier molecular flexibility index (Phi) is 10.6. The highest BCUT2D eigenvalue weighted by molar-refractivity contribution is 8.76. The number of rotatable bonds is 11. The van der Waals surface area contributed by atoms with Crippen molar-refractivity contribution in [1.29, 1.82) is 0 Å². The van der Waals surface area contributed by atoms with E-state index in [4.69, 9.17) is 0 Å². The lowest BCUT2D eigenvalue weighted by Gasteiger charge is -2.22. The van der Waals surface area contributed by atoms with Crippen molar-refractivity contribution in [3.05, 3.63) is 190 Å². The van der Waals surface area contributed by atoms with E-state index >= 15 is 0 Å². The summed E-state index contributed by atoms with van der Waals surface area (Å²) in [7, 11) is 3.01. The Labute approximate surface area is 293 Å². The van der Waals surface area contributed by atoms with Gasteiger partial charge < -0.3 is 10.2 Å². The van der Waals surface area contributed by atoms with Gasteiger partial charge in [0.15, 0.2) is 0 Å². The number of hydrogen-bond acceptors (Lipinski definition) is 4. The molecule has 0 saturated carbocycles. The smallest absolute Gasteiger partial charge is 0.133 e. The summed E-state index contributed by atoms with van der Waals surface area (Å²) < 4.78 is 0. The van der Waals surface area contributed by atoms with Crippen LogP contribution in [0.5, 0.6) is 11.5 Å². The molecule has 6 rings (SSSR count). The van der Waals surface area contributed by atoms with Crippen LogP contribution in [0.2, 0.25) is 0 Å². The SMILES string of the molecule is CC(c1ccccc1)c1cc(SSc2cc(C(C)c3ccccc3)cc(C(C)c3ccccc3)c2O)c(O)c(C(C)c2ccccc2)c1. The minimum atomic E-state index is 0.000232. The molecule has 2 nitrogen and oxygen atoms in total. The fourth-order valence-electron chi connectivity index (χ4n) is 6.39. The quantitative estimate of drug-likeness (QED) is 0.135. The molecule has 0 fully saturated rings. The first-order valence-corrected chi connectivity index (χ1v) is 18.7. The standard InChI is InChI=1S/C44H42O2S2/c1-29(33-17-9-5-10-18-33)37-25-39(31(3)35-21-13-7-14-22-35)43(45)41(27-37)47-48-42-28-38(30(2)34-19-11-6-12-20-34)26-40(44(42)46)32(4)36-23-15-8-16-24-36/h5-32,45-46H,1-4H3. The highest BCUT2D eigenvalue weighted by Gasteiger charge is 2.23. The summed E-state index contributed by atoms with van der Waals surface area (Å²) in [6.45, 7) is 8.75. The topological polar surface area (TPSA) is 40.5 Å². The lowest BCUT2D eigenvalue weighted by atomic mass is 9.87. The van der Waals surface area contributed by atoms with Crippen molar-refractivity contribution in [2.75, 3.05) is 0 Å². The molecule has 0 heterocycles. The Morgan fingerprint density at radius 1 is 0.354 bits per heavy atom. The maximum absolute atomic E-state index is 11.8. The van der Waals surface area contributed by atoms with Gasteiger partial charge in [-0.15, -0.1) is 0 Å². The third-order valence-electron chi connectivity index (χ3n) is 9.61. The third kappa shape index (κ3) is 7.36.